The van der Waals surface area contributed by atoms with Gasteiger partial charge in [-0.25, -0.2) is 0 Å². The van der Waals surface area contributed by atoms with E-state index in [1.54, 1.807) is 4.90 Å². The molecule has 1 amide bonds. The third-order valence-electron chi connectivity index (χ3n) is 3.99. The molecule has 1 N–H and O–H groups in total. The van der Waals surface area contributed by atoms with E-state index in [-0.39, 0.29) is 18.9 Å². The molecule has 1 aromatic rings. The number of rotatable bonds is 7. The molecule has 1 saturated heterocycles. The van der Waals surface area contributed by atoms with Crippen molar-refractivity contribution in [2.75, 3.05) is 29.4 Å². The molecule has 0 aliphatic carbocycles. The minimum atomic E-state index is -0.899. The Morgan fingerprint density at radius 2 is 1.82 bits per heavy atom. The third-order valence-corrected chi connectivity index (χ3v) is 3.99. The molecule has 1 fully saturated rings. The smallest absolute Gasteiger partial charge is 0.308 e. The van der Waals surface area contributed by atoms with E-state index in [9.17, 15) is 9.59 Å². The van der Waals surface area contributed by atoms with Gasteiger partial charge in [0.1, 0.15) is 0 Å². The van der Waals surface area contributed by atoms with Crippen LogP contribution in [0.1, 0.15) is 33.1 Å². The lowest BCUT2D eigenvalue weighted by molar-refractivity contribution is -0.141. The van der Waals surface area contributed by atoms with Crippen LogP contribution in [0.2, 0.25) is 0 Å². The van der Waals surface area contributed by atoms with Crippen molar-refractivity contribution in [2.24, 2.45) is 5.92 Å². The number of carbonyl (C=O) groups excluding carboxylic acids is 1. The first-order chi connectivity index (χ1) is 10.6. The summed E-state index contributed by atoms with van der Waals surface area (Å²) in [6, 6.07) is 7.86. The van der Waals surface area contributed by atoms with Gasteiger partial charge in [0.25, 0.3) is 0 Å². The molecular formula is C17H24N2O3. The SMILES string of the molecule is CCCN(CCC)c1ccc(N2CC(C(=O)O)CC2=O)cc1. The Bertz CT molecular complexity index is 521. The van der Waals surface area contributed by atoms with Crippen molar-refractivity contribution in [3.8, 4) is 0 Å². The van der Waals surface area contributed by atoms with Gasteiger partial charge in [-0.05, 0) is 37.1 Å². The highest BCUT2D eigenvalue weighted by Gasteiger charge is 2.34. The molecule has 1 aliphatic rings. The van der Waals surface area contributed by atoms with E-state index in [1.807, 2.05) is 24.3 Å². The molecule has 1 atom stereocenters. The van der Waals surface area contributed by atoms with E-state index in [2.05, 4.69) is 18.7 Å². The third kappa shape index (κ3) is 3.59. The van der Waals surface area contributed by atoms with Crippen LogP contribution >= 0.6 is 0 Å². The van der Waals surface area contributed by atoms with Crippen LogP contribution in [0.25, 0.3) is 0 Å². The zero-order valence-electron chi connectivity index (χ0n) is 13.3. The molecule has 5 heteroatoms. The number of aliphatic carboxylic acids is 1. The van der Waals surface area contributed by atoms with E-state index in [0.29, 0.717) is 0 Å². The van der Waals surface area contributed by atoms with Gasteiger partial charge in [0.2, 0.25) is 5.91 Å². The highest BCUT2D eigenvalue weighted by Crippen LogP contribution is 2.27. The number of carbonyl (C=O) groups is 2. The maximum atomic E-state index is 12.0. The normalized spacial score (nSPS) is 17.8. The van der Waals surface area contributed by atoms with E-state index in [4.69, 9.17) is 5.11 Å². The molecule has 0 spiro atoms. The maximum absolute atomic E-state index is 12.0. The van der Waals surface area contributed by atoms with Gasteiger partial charge in [0.15, 0.2) is 0 Å². The van der Waals surface area contributed by atoms with Crippen molar-refractivity contribution in [3.63, 3.8) is 0 Å². The first-order valence-corrected chi connectivity index (χ1v) is 7.95. The van der Waals surface area contributed by atoms with Crippen LogP contribution < -0.4 is 9.80 Å². The van der Waals surface area contributed by atoms with Gasteiger partial charge < -0.3 is 14.9 Å². The molecular weight excluding hydrogens is 280 g/mol. The molecule has 1 aliphatic heterocycles. The van der Waals surface area contributed by atoms with Crippen LogP contribution in [-0.2, 0) is 9.59 Å². The van der Waals surface area contributed by atoms with Crippen molar-refractivity contribution < 1.29 is 14.7 Å². The predicted octanol–water partition coefficient (Wildman–Crippen LogP) is 2.75. The molecule has 22 heavy (non-hydrogen) atoms. The summed E-state index contributed by atoms with van der Waals surface area (Å²) in [6.07, 6.45) is 2.27. The summed E-state index contributed by atoms with van der Waals surface area (Å²) in [5, 5.41) is 9.05. The summed E-state index contributed by atoms with van der Waals surface area (Å²) < 4.78 is 0. The summed E-state index contributed by atoms with van der Waals surface area (Å²) in [6.45, 7) is 6.60. The average Bonchev–Trinajstić information content (AvgIpc) is 2.89. The Morgan fingerprint density at radius 3 is 2.27 bits per heavy atom. The summed E-state index contributed by atoms with van der Waals surface area (Å²) in [7, 11) is 0. The van der Waals surface area contributed by atoms with E-state index >= 15 is 0 Å². The van der Waals surface area contributed by atoms with Crippen molar-refractivity contribution in [1.29, 1.82) is 0 Å². The van der Waals surface area contributed by atoms with Gasteiger partial charge in [-0.15, -0.1) is 0 Å². The molecule has 1 heterocycles. The van der Waals surface area contributed by atoms with E-state index in [0.717, 1.165) is 37.3 Å². The second-order valence-corrected chi connectivity index (χ2v) is 5.75. The van der Waals surface area contributed by atoms with Crippen LogP contribution in [0.3, 0.4) is 0 Å². The quantitative estimate of drug-likeness (QED) is 0.841. The minimum Gasteiger partial charge on any atom is -0.481 e. The van der Waals surface area contributed by atoms with Crippen LogP contribution in [-0.4, -0.2) is 36.6 Å². The van der Waals surface area contributed by atoms with Crippen LogP contribution in [0.15, 0.2) is 24.3 Å². The fraction of sp³-hybridized carbons (Fsp3) is 0.529. The Kier molecular flexibility index (Phi) is 5.41. The van der Waals surface area contributed by atoms with Crippen molar-refractivity contribution in [3.05, 3.63) is 24.3 Å². The average molecular weight is 304 g/mol. The van der Waals surface area contributed by atoms with Crippen LogP contribution in [0.5, 0.6) is 0 Å². The summed E-state index contributed by atoms with van der Waals surface area (Å²) in [5.41, 5.74) is 1.93. The Morgan fingerprint density at radius 1 is 1.23 bits per heavy atom. The fourth-order valence-corrected chi connectivity index (χ4v) is 2.88. The van der Waals surface area contributed by atoms with Gasteiger partial charge in [0, 0.05) is 37.4 Å². The number of hydrogen-bond acceptors (Lipinski definition) is 3. The van der Waals surface area contributed by atoms with E-state index < -0.39 is 11.9 Å². The topological polar surface area (TPSA) is 60.9 Å². The molecule has 1 aromatic carbocycles. The molecule has 5 nitrogen and oxygen atoms in total. The zero-order chi connectivity index (χ0) is 16.1. The number of carboxylic acids is 1. The van der Waals surface area contributed by atoms with Crippen molar-refractivity contribution in [2.45, 2.75) is 33.1 Å². The summed E-state index contributed by atoms with van der Waals surface area (Å²) in [4.78, 5) is 26.9. The molecule has 0 radical (unpaired) electrons. The van der Waals surface area contributed by atoms with Crippen LogP contribution in [0, 0.1) is 5.92 Å². The van der Waals surface area contributed by atoms with Gasteiger partial charge in [0.05, 0.1) is 5.92 Å². The Balaban J connectivity index is 2.11. The molecule has 0 aromatic heterocycles. The number of nitrogens with zero attached hydrogens (tertiary/aromatic N) is 2. The number of carboxylic acid groups (broad SMARTS) is 1. The standard InChI is InChI=1S/C17H24N2O3/c1-3-9-18(10-4-2)14-5-7-15(8-6-14)19-12-13(17(21)22)11-16(19)20/h5-8,13H,3-4,9-12H2,1-2H3,(H,21,22). The van der Waals surface area contributed by atoms with Crippen molar-refractivity contribution >= 4 is 23.3 Å². The monoisotopic (exact) mass is 304 g/mol. The first kappa shape index (κ1) is 16.3. The summed E-state index contributed by atoms with van der Waals surface area (Å²) >= 11 is 0. The van der Waals surface area contributed by atoms with Gasteiger partial charge in [-0.3, -0.25) is 9.59 Å². The zero-order valence-corrected chi connectivity index (χ0v) is 13.3. The lowest BCUT2D eigenvalue weighted by Gasteiger charge is -2.25. The highest BCUT2D eigenvalue weighted by atomic mass is 16.4. The lowest BCUT2D eigenvalue weighted by Crippen LogP contribution is -2.26. The minimum absolute atomic E-state index is 0.0921. The van der Waals surface area contributed by atoms with Gasteiger partial charge >= 0.3 is 5.97 Å². The lowest BCUT2D eigenvalue weighted by atomic mass is 10.1. The molecule has 120 valence electrons. The second-order valence-electron chi connectivity index (χ2n) is 5.75. The number of amides is 1. The first-order valence-electron chi connectivity index (χ1n) is 7.95. The van der Waals surface area contributed by atoms with Crippen molar-refractivity contribution in [1.82, 2.24) is 0 Å². The predicted molar refractivity (Wildman–Crippen MR) is 87.3 cm³/mol. The molecule has 1 unspecified atom stereocenters. The van der Waals surface area contributed by atoms with Gasteiger partial charge in [-0.1, -0.05) is 13.8 Å². The fourth-order valence-electron chi connectivity index (χ4n) is 2.88. The van der Waals surface area contributed by atoms with Crippen LogP contribution in [0.4, 0.5) is 11.4 Å². The maximum Gasteiger partial charge on any atom is 0.308 e. The summed E-state index contributed by atoms with van der Waals surface area (Å²) in [5.74, 6) is -1.60. The van der Waals surface area contributed by atoms with E-state index in [1.165, 1.54) is 0 Å². The van der Waals surface area contributed by atoms with Gasteiger partial charge in [-0.2, -0.15) is 0 Å². The Labute approximate surface area is 131 Å². The number of anilines is 2. The highest BCUT2D eigenvalue weighted by molar-refractivity contribution is 5.99. The molecule has 0 saturated carbocycles. The Hall–Kier alpha value is -2.04. The largest absolute Gasteiger partial charge is 0.481 e. The number of hydrogen-bond donors (Lipinski definition) is 1. The number of benzene rings is 1. The molecule has 2 rings (SSSR count). The molecule has 0 bridgehead atoms. The second kappa shape index (κ2) is 7.29.